The minimum Gasteiger partial charge on any atom is -0.477 e. The van der Waals surface area contributed by atoms with Crippen molar-refractivity contribution in [1.29, 1.82) is 0 Å². The van der Waals surface area contributed by atoms with Crippen LogP contribution in [0, 0.1) is 11.3 Å². The van der Waals surface area contributed by atoms with E-state index in [1.165, 1.54) is 6.42 Å². The average molecular weight is 467 g/mol. The number of ether oxygens (including phenoxy) is 1. The molecule has 178 valence electrons. The van der Waals surface area contributed by atoms with E-state index in [-0.39, 0.29) is 11.3 Å². The van der Waals surface area contributed by atoms with E-state index in [1.54, 1.807) is 6.20 Å². The summed E-state index contributed by atoms with van der Waals surface area (Å²) in [6.45, 7) is 2.13. The van der Waals surface area contributed by atoms with Gasteiger partial charge in [0.2, 0.25) is 5.88 Å². The van der Waals surface area contributed by atoms with E-state index < -0.39 is 12.1 Å². The zero-order valence-electron chi connectivity index (χ0n) is 17.8. The number of halogens is 3. The topological polar surface area (TPSA) is 106 Å². The van der Waals surface area contributed by atoms with E-state index in [0.29, 0.717) is 30.0 Å². The molecule has 0 bridgehead atoms. The summed E-state index contributed by atoms with van der Waals surface area (Å²) in [5, 5.41) is 11.1. The van der Waals surface area contributed by atoms with Crippen LogP contribution in [-0.4, -0.2) is 57.9 Å². The Bertz CT molecular complexity index is 993. The lowest BCUT2D eigenvalue weighted by Gasteiger charge is -2.28. The zero-order chi connectivity index (χ0) is 23.6. The second-order valence-corrected chi connectivity index (χ2v) is 8.79. The molecule has 0 spiro atoms. The molecule has 5 rings (SSSR count). The molecule has 2 aromatic heterocycles. The molecule has 1 saturated heterocycles. The number of carbonyl (C=O) groups excluding carboxylic acids is 1. The Morgan fingerprint density at radius 2 is 2.03 bits per heavy atom. The van der Waals surface area contributed by atoms with Gasteiger partial charge in [-0.3, -0.25) is 4.79 Å². The van der Waals surface area contributed by atoms with Gasteiger partial charge in [0.15, 0.2) is 5.69 Å². The van der Waals surface area contributed by atoms with Crippen LogP contribution < -0.4 is 4.74 Å². The van der Waals surface area contributed by atoms with Crippen LogP contribution in [0.1, 0.15) is 54.3 Å². The van der Waals surface area contributed by atoms with Gasteiger partial charge in [0.25, 0.3) is 5.91 Å². The lowest BCUT2D eigenvalue weighted by Crippen LogP contribution is -2.35. The fourth-order valence-electron chi connectivity index (χ4n) is 4.57. The van der Waals surface area contributed by atoms with E-state index >= 15 is 0 Å². The van der Waals surface area contributed by atoms with Crippen molar-refractivity contribution in [3.63, 3.8) is 0 Å². The van der Waals surface area contributed by atoms with Crippen LogP contribution in [0.4, 0.5) is 13.2 Å². The van der Waals surface area contributed by atoms with Gasteiger partial charge >= 0.3 is 12.1 Å². The van der Waals surface area contributed by atoms with Gasteiger partial charge in [0.1, 0.15) is 5.76 Å². The smallest absolute Gasteiger partial charge is 0.477 e. The van der Waals surface area contributed by atoms with E-state index in [2.05, 4.69) is 10.1 Å². The maximum atomic E-state index is 12.9. The van der Waals surface area contributed by atoms with Crippen molar-refractivity contribution < 1.29 is 37.1 Å². The first-order chi connectivity index (χ1) is 15.7. The molecule has 11 heteroatoms. The Morgan fingerprint density at radius 1 is 1.27 bits per heavy atom. The third kappa shape index (κ3) is 5.28. The summed E-state index contributed by atoms with van der Waals surface area (Å²) in [5.41, 5.74) is 0.489. The molecule has 0 radical (unpaired) electrons. The van der Waals surface area contributed by atoms with Crippen molar-refractivity contribution in [3.05, 3.63) is 41.9 Å². The van der Waals surface area contributed by atoms with E-state index in [1.807, 2.05) is 29.2 Å². The van der Waals surface area contributed by atoms with Gasteiger partial charge in [-0.2, -0.15) is 13.2 Å². The van der Waals surface area contributed by atoms with Gasteiger partial charge in [-0.15, -0.1) is 0 Å². The normalized spacial score (nSPS) is 24.1. The van der Waals surface area contributed by atoms with Crippen LogP contribution in [0.3, 0.4) is 0 Å². The molecule has 3 fully saturated rings. The van der Waals surface area contributed by atoms with Gasteiger partial charge < -0.3 is 19.3 Å². The molecule has 1 aliphatic heterocycles. The van der Waals surface area contributed by atoms with E-state index in [0.717, 1.165) is 44.5 Å². The van der Waals surface area contributed by atoms with Crippen LogP contribution in [-0.2, 0) is 4.79 Å². The number of pyridine rings is 1. The number of fused-ring (bicyclic) bond motifs is 1. The second-order valence-electron chi connectivity index (χ2n) is 8.79. The molecule has 1 amide bonds. The molecule has 3 aliphatic rings. The summed E-state index contributed by atoms with van der Waals surface area (Å²) in [4.78, 5) is 28.0. The fourth-order valence-corrected chi connectivity index (χ4v) is 4.57. The molecule has 8 nitrogen and oxygen atoms in total. The van der Waals surface area contributed by atoms with Crippen molar-refractivity contribution in [1.82, 2.24) is 15.0 Å². The summed E-state index contributed by atoms with van der Waals surface area (Å²) in [6.07, 6.45) is 2.40. The van der Waals surface area contributed by atoms with Gasteiger partial charge in [-0.1, -0.05) is 17.6 Å². The summed E-state index contributed by atoms with van der Waals surface area (Å²) in [6, 6.07) is 7.53. The number of likely N-dealkylation sites (tertiary alicyclic amines) is 1. The summed E-state index contributed by atoms with van der Waals surface area (Å²) >= 11 is 0. The molecule has 0 unspecified atom stereocenters. The summed E-state index contributed by atoms with van der Waals surface area (Å²) in [5.74, 6) is -0.284. The highest BCUT2D eigenvalue weighted by atomic mass is 19.4. The number of aliphatic carboxylic acids is 1. The minimum absolute atomic E-state index is 0.00717. The predicted octanol–water partition coefficient (Wildman–Crippen LogP) is 3.90. The highest BCUT2D eigenvalue weighted by molar-refractivity contribution is 5.92. The number of hydrogen-bond donors (Lipinski definition) is 1. The number of amides is 1. The molecular weight excluding hydrogens is 443 g/mol. The molecule has 0 aromatic carbocycles. The number of rotatable bonds is 5. The van der Waals surface area contributed by atoms with Gasteiger partial charge in [0.05, 0.1) is 6.61 Å². The van der Waals surface area contributed by atoms with Gasteiger partial charge in [-0.25, -0.2) is 9.78 Å². The molecule has 2 aromatic rings. The highest BCUT2D eigenvalue weighted by Crippen LogP contribution is 2.49. The first kappa shape index (κ1) is 23.1. The first-order valence-electron chi connectivity index (χ1n) is 10.8. The zero-order valence-corrected chi connectivity index (χ0v) is 17.8. The maximum Gasteiger partial charge on any atom is 0.490 e. The maximum absolute atomic E-state index is 12.9. The van der Waals surface area contributed by atoms with Crippen molar-refractivity contribution in [2.75, 3.05) is 19.7 Å². The van der Waals surface area contributed by atoms with Crippen LogP contribution in [0.25, 0.3) is 0 Å². The van der Waals surface area contributed by atoms with Crippen LogP contribution in [0.5, 0.6) is 5.88 Å². The lowest BCUT2D eigenvalue weighted by molar-refractivity contribution is -0.192. The number of alkyl halides is 3. The van der Waals surface area contributed by atoms with Crippen LogP contribution in [0.15, 0.2) is 35.0 Å². The molecule has 2 aliphatic carbocycles. The minimum atomic E-state index is -5.08. The Hall–Kier alpha value is -3.11. The average Bonchev–Trinajstić information content (AvgIpc) is 3.22. The molecular formula is C22H24F3N3O5. The first-order valence-corrected chi connectivity index (χ1v) is 10.8. The van der Waals surface area contributed by atoms with Gasteiger partial charge in [0, 0.05) is 42.8 Å². The quantitative estimate of drug-likeness (QED) is 0.711. The van der Waals surface area contributed by atoms with Crippen molar-refractivity contribution in [2.45, 2.75) is 44.2 Å². The highest BCUT2D eigenvalue weighted by Gasteiger charge is 2.51. The third-order valence-corrected chi connectivity index (χ3v) is 6.44. The second kappa shape index (κ2) is 9.03. The monoisotopic (exact) mass is 467 g/mol. The van der Waals surface area contributed by atoms with Crippen LogP contribution in [0.2, 0.25) is 0 Å². The number of hydrogen-bond acceptors (Lipinski definition) is 6. The molecule has 3 heterocycles. The predicted molar refractivity (Wildman–Crippen MR) is 108 cm³/mol. The number of carboxylic acids is 1. The standard InChI is InChI=1S/C20H23N3O3.C2HF3O2/c24-19(16-10-17(26-22-16)14-6-7-14)23-11-15-4-3-8-20(15,12-23)13-25-18-5-1-2-9-21-18;3-2(4,5)1(6)7/h1-2,5,9-10,14-15H,3-4,6-8,11-13H2;(H,6,7)/t15-,20+;/m1./s1. The fraction of sp³-hybridized carbons (Fsp3) is 0.545. The Balaban J connectivity index is 0.000000325. The summed E-state index contributed by atoms with van der Waals surface area (Å²) in [7, 11) is 0. The Morgan fingerprint density at radius 3 is 2.67 bits per heavy atom. The molecule has 2 atom stereocenters. The third-order valence-electron chi connectivity index (χ3n) is 6.44. The number of aromatic nitrogens is 2. The van der Waals surface area contributed by atoms with E-state index in [4.69, 9.17) is 19.2 Å². The van der Waals surface area contributed by atoms with Crippen molar-refractivity contribution in [2.24, 2.45) is 11.3 Å². The number of nitrogens with zero attached hydrogens (tertiary/aromatic N) is 3. The van der Waals surface area contributed by atoms with Crippen molar-refractivity contribution in [3.8, 4) is 5.88 Å². The summed E-state index contributed by atoms with van der Waals surface area (Å²) < 4.78 is 43.1. The molecule has 2 saturated carbocycles. The van der Waals surface area contributed by atoms with Crippen LogP contribution >= 0.6 is 0 Å². The largest absolute Gasteiger partial charge is 0.490 e. The Labute approximate surface area is 187 Å². The Kier molecular flexibility index (Phi) is 6.31. The number of carboxylic acid groups (broad SMARTS) is 1. The van der Waals surface area contributed by atoms with Gasteiger partial charge in [-0.05, 0) is 37.7 Å². The SMILES string of the molecule is O=C(O)C(F)(F)F.O=C(c1cc(C2CC2)on1)N1C[C@H]2CCC[C@@]2(COc2ccccn2)C1. The van der Waals surface area contributed by atoms with Crippen molar-refractivity contribution >= 4 is 11.9 Å². The lowest BCUT2D eigenvalue weighted by atomic mass is 9.81. The number of carbonyl (C=O) groups is 2. The molecule has 1 N–H and O–H groups in total. The van der Waals surface area contributed by atoms with E-state index in [9.17, 15) is 18.0 Å². The molecule has 33 heavy (non-hydrogen) atoms.